The van der Waals surface area contributed by atoms with E-state index < -0.39 is 0 Å². The molecule has 0 spiro atoms. The second kappa shape index (κ2) is 6.34. The maximum Gasteiger partial charge on any atom is 0.132 e. The summed E-state index contributed by atoms with van der Waals surface area (Å²) in [4.78, 5) is 4.13. The van der Waals surface area contributed by atoms with Gasteiger partial charge >= 0.3 is 0 Å². The third kappa shape index (κ3) is 3.71. The fourth-order valence-corrected chi connectivity index (χ4v) is 1.69. The van der Waals surface area contributed by atoms with Crippen molar-refractivity contribution in [1.82, 2.24) is 4.98 Å². The molecule has 86 valence electrons. The molecule has 0 amide bonds. The smallest absolute Gasteiger partial charge is 0.132 e. The van der Waals surface area contributed by atoms with Gasteiger partial charge in [-0.1, -0.05) is 38.3 Å². The predicted octanol–water partition coefficient (Wildman–Crippen LogP) is 3.45. The minimum absolute atomic E-state index is 0.353. The number of nitrogens with zero attached hydrogens (tertiary/aromatic N) is 2. The van der Waals surface area contributed by atoms with Crippen molar-refractivity contribution >= 4 is 17.4 Å². The number of anilines is 1. The summed E-state index contributed by atoms with van der Waals surface area (Å²) in [6.07, 6.45) is 2.27. The second-order valence-electron chi connectivity index (χ2n) is 3.74. The molecule has 1 rings (SSSR count). The molecular weight excluding hydrogens is 222 g/mol. The quantitative estimate of drug-likeness (QED) is 0.798. The zero-order valence-electron chi connectivity index (χ0n) is 9.63. The van der Waals surface area contributed by atoms with E-state index in [-0.39, 0.29) is 0 Å². The summed E-state index contributed by atoms with van der Waals surface area (Å²) in [6.45, 7) is 5.20. The molecule has 1 aromatic heterocycles. The second-order valence-corrected chi connectivity index (χ2v) is 4.13. The zero-order valence-corrected chi connectivity index (χ0v) is 10.4. The van der Waals surface area contributed by atoms with Crippen molar-refractivity contribution in [3.63, 3.8) is 0 Å². The Kier molecular flexibility index (Phi) is 5.07. The minimum atomic E-state index is 0.353. The van der Waals surface area contributed by atoms with E-state index in [1.54, 1.807) is 12.1 Å². The Hall–Kier alpha value is -1.27. The van der Waals surface area contributed by atoms with Crippen molar-refractivity contribution in [2.45, 2.75) is 26.7 Å². The van der Waals surface area contributed by atoms with Crippen LogP contribution in [-0.4, -0.2) is 11.5 Å². The lowest BCUT2D eigenvalue weighted by Crippen LogP contribution is -2.13. The first-order chi connectivity index (χ1) is 7.69. The highest BCUT2D eigenvalue weighted by molar-refractivity contribution is 6.29. The summed E-state index contributed by atoms with van der Waals surface area (Å²) >= 11 is 5.81. The molecule has 1 aromatic rings. The van der Waals surface area contributed by atoms with Gasteiger partial charge in [-0.15, -0.1) is 0 Å². The van der Waals surface area contributed by atoms with Crippen molar-refractivity contribution in [3.8, 4) is 6.07 Å². The summed E-state index contributed by atoms with van der Waals surface area (Å²) in [6, 6.07) is 5.34. The highest BCUT2D eigenvalue weighted by atomic mass is 35.5. The van der Waals surface area contributed by atoms with E-state index in [1.807, 2.05) is 0 Å². The fourth-order valence-electron chi connectivity index (χ4n) is 1.48. The first kappa shape index (κ1) is 12.8. The Morgan fingerprint density at radius 1 is 1.44 bits per heavy atom. The SMILES string of the molecule is CCC(CC)CNc1cc(C#N)cc(Cl)n1. The topological polar surface area (TPSA) is 48.7 Å². The predicted molar refractivity (Wildman–Crippen MR) is 66.5 cm³/mol. The van der Waals surface area contributed by atoms with Crippen LogP contribution in [0.3, 0.4) is 0 Å². The van der Waals surface area contributed by atoms with Crippen LogP contribution in [0.15, 0.2) is 12.1 Å². The molecule has 0 radical (unpaired) electrons. The first-order valence-corrected chi connectivity index (χ1v) is 5.88. The molecule has 0 unspecified atom stereocenters. The van der Waals surface area contributed by atoms with Gasteiger partial charge in [0, 0.05) is 6.54 Å². The zero-order chi connectivity index (χ0) is 12.0. The molecule has 0 atom stereocenters. The third-order valence-corrected chi connectivity index (χ3v) is 2.84. The first-order valence-electron chi connectivity index (χ1n) is 5.51. The van der Waals surface area contributed by atoms with E-state index in [2.05, 4.69) is 30.2 Å². The lowest BCUT2D eigenvalue weighted by molar-refractivity contribution is 0.518. The highest BCUT2D eigenvalue weighted by Crippen LogP contribution is 2.15. The fraction of sp³-hybridized carbons (Fsp3) is 0.500. The average molecular weight is 238 g/mol. The standard InChI is InChI=1S/C12H16ClN3/c1-3-9(4-2)8-15-12-6-10(7-14)5-11(13)16-12/h5-6,9H,3-4,8H2,1-2H3,(H,15,16). The molecule has 4 heteroatoms. The number of hydrogen-bond acceptors (Lipinski definition) is 3. The Labute approximate surface area is 101 Å². The molecule has 0 aliphatic heterocycles. The van der Waals surface area contributed by atoms with E-state index in [0.29, 0.717) is 22.5 Å². The Morgan fingerprint density at radius 3 is 2.69 bits per heavy atom. The number of nitrogens with one attached hydrogen (secondary N) is 1. The molecule has 0 saturated carbocycles. The van der Waals surface area contributed by atoms with Gasteiger partial charge in [0.05, 0.1) is 11.6 Å². The van der Waals surface area contributed by atoms with Crippen LogP contribution in [0.25, 0.3) is 0 Å². The van der Waals surface area contributed by atoms with Crippen molar-refractivity contribution in [1.29, 1.82) is 5.26 Å². The van der Waals surface area contributed by atoms with Crippen LogP contribution in [0.4, 0.5) is 5.82 Å². The van der Waals surface area contributed by atoms with E-state index in [0.717, 1.165) is 19.4 Å². The molecular formula is C12H16ClN3. The van der Waals surface area contributed by atoms with Crippen molar-refractivity contribution in [3.05, 3.63) is 22.8 Å². The van der Waals surface area contributed by atoms with Crippen LogP contribution >= 0.6 is 11.6 Å². The average Bonchev–Trinajstić information content (AvgIpc) is 2.29. The number of hydrogen-bond donors (Lipinski definition) is 1. The molecule has 0 bridgehead atoms. The number of rotatable bonds is 5. The largest absolute Gasteiger partial charge is 0.370 e. The lowest BCUT2D eigenvalue weighted by Gasteiger charge is -2.13. The summed E-state index contributed by atoms with van der Waals surface area (Å²) in [7, 11) is 0. The van der Waals surface area contributed by atoms with E-state index in [9.17, 15) is 0 Å². The highest BCUT2D eigenvalue weighted by Gasteiger charge is 2.05. The molecule has 0 saturated heterocycles. The Bertz CT molecular complexity index is 380. The summed E-state index contributed by atoms with van der Waals surface area (Å²) in [5, 5.41) is 12.4. The number of halogens is 1. The van der Waals surface area contributed by atoms with Crippen LogP contribution in [0.5, 0.6) is 0 Å². The number of aromatic nitrogens is 1. The maximum atomic E-state index is 8.79. The third-order valence-electron chi connectivity index (χ3n) is 2.65. The van der Waals surface area contributed by atoms with Gasteiger partial charge in [-0.3, -0.25) is 0 Å². The van der Waals surface area contributed by atoms with Crippen LogP contribution in [0, 0.1) is 17.2 Å². The molecule has 3 nitrogen and oxygen atoms in total. The number of pyridine rings is 1. The summed E-state index contributed by atoms with van der Waals surface area (Å²) in [5.41, 5.74) is 0.534. The van der Waals surface area contributed by atoms with Crippen molar-refractivity contribution in [2.75, 3.05) is 11.9 Å². The normalized spacial score (nSPS) is 10.2. The Morgan fingerprint density at radius 2 is 2.12 bits per heavy atom. The summed E-state index contributed by atoms with van der Waals surface area (Å²) < 4.78 is 0. The molecule has 0 aliphatic carbocycles. The minimum Gasteiger partial charge on any atom is -0.370 e. The van der Waals surface area contributed by atoms with E-state index in [1.165, 1.54) is 0 Å². The molecule has 16 heavy (non-hydrogen) atoms. The van der Waals surface area contributed by atoms with Gasteiger partial charge < -0.3 is 5.32 Å². The van der Waals surface area contributed by atoms with Crippen LogP contribution in [0.1, 0.15) is 32.3 Å². The monoisotopic (exact) mass is 237 g/mol. The van der Waals surface area contributed by atoms with E-state index in [4.69, 9.17) is 16.9 Å². The van der Waals surface area contributed by atoms with Crippen LogP contribution in [0.2, 0.25) is 5.15 Å². The van der Waals surface area contributed by atoms with Gasteiger partial charge in [-0.25, -0.2) is 4.98 Å². The number of nitriles is 1. The van der Waals surface area contributed by atoms with Gasteiger partial charge in [-0.05, 0) is 18.1 Å². The van der Waals surface area contributed by atoms with Crippen molar-refractivity contribution in [2.24, 2.45) is 5.92 Å². The molecule has 0 aromatic carbocycles. The van der Waals surface area contributed by atoms with E-state index >= 15 is 0 Å². The molecule has 1 heterocycles. The molecule has 0 aliphatic rings. The lowest BCUT2D eigenvalue weighted by atomic mass is 10.0. The maximum absolute atomic E-state index is 8.79. The Balaban J connectivity index is 2.67. The molecule has 0 fully saturated rings. The van der Waals surface area contributed by atoms with Crippen molar-refractivity contribution < 1.29 is 0 Å². The van der Waals surface area contributed by atoms with Gasteiger partial charge in [0.15, 0.2) is 0 Å². The van der Waals surface area contributed by atoms with Gasteiger partial charge in [0.2, 0.25) is 0 Å². The van der Waals surface area contributed by atoms with Gasteiger partial charge in [-0.2, -0.15) is 5.26 Å². The van der Waals surface area contributed by atoms with Gasteiger partial charge in [0.25, 0.3) is 0 Å². The van der Waals surface area contributed by atoms with Gasteiger partial charge in [0.1, 0.15) is 11.0 Å². The van der Waals surface area contributed by atoms with Crippen LogP contribution < -0.4 is 5.32 Å². The summed E-state index contributed by atoms with van der Waals surface area (Å²) in [5.74, 6) is 1.31. The van der Waals surface area contributed by atoms with Crippen LogP contribution in [-0.2, 0) is 0 Å². The molecule has 1 N–H and O–H groups in total.